The quantitative estimate of drug-likeness (QED) is 0.744. The van der Waals surface area contributed by atoms with Crippen LogP contribution in [0, 0.1) is 5.82 Å². The van der Waals surface area contributed by atoms with Gasteiger partial charge in [0.25, 0.3) is 11.8 Å². The molecule has 1 aliphatic rings. The second kappa shape index (κ2) is 7.64. The summed E-state index contributed by atoms with van der Waals surface area (Å²) in [5.74, 6) is -1.06. The molecular formula is C23H19FN2O2. The molecule has 0 aromatic heterocycles. The number of rotatable bonds is 3. The van der Waals surface area contributed by atoms with Gasteiger partial charge in [0.1, 0.15) is 5.82 Å². The molecular weight excluding hydrogens is 355 g/mol. The summed E-state index contributed by atoms with van der Waals surface area (Å²) in [4.78, 5) is 26.9. The number of carbonyl (C=O) groups excluding carboxylic acids is 2. The molecule has 0 atom stereocenters. The molecule has 1 aliphatic heterocycles. The number of hydrogen-bond acceptors (Lipinski definition) is 2. The van der Waals surface area contributed by atoms with Crippen LogP contribution in [-0.4, -0.2) is 23.3 Å². The highest BCUT2D eigenvalue weighted by molar-refractivity contribution is 6.04. The standard InChI is InChI=1S/C23H19FN2O2/c24-21-9-5-4-8-20(21)22(27)25-19-11-10-16-12-13-26(15-18(16)14-19)23(28)17-6-2-1-3-7-17/h1-11,14H,12-13,15H2,(H,25,27). The first kappa shape index (κ1) is 17.9. The third kappa shape index (κ3) is 3.64. The van der Waals surface area contributed by atoms with E-state index in [9.17, 15) is 14.0 Å². The lowest BCUT2D eigenvalue weighted by atomic mass is 9.98. The van der Waals surface area contributed by atoms with E-state index in [1.165, 1.54) is 12.1 Å². The number of carbonyl (C=O) groups is 2. The zero-order valence-electron chi connectivity index (χ0n) is 15.2. The third-order valence-electron chi connectivity index (χ3n) is 4.90. The average molecular weight is 374 g/mol. The molecule has 1 heterocycles. The molecule has 3 aromatic rings. The Hall–Kier alpha value is -3.47. The maximum atomic E-state index is 13.8. The summed E-state index contributed by atoms with van der Waals surface area (Å²) in [6.07, 6.45) is 0.759. The van der Waals surface area contributed by atoms with E-state index in [0.717, 1.165) is 17.5 Å². The zero-order chi connectivity index (χ0) is 19.5. The van der Waals surface area contributed by atoms with Crippen molar-refractivity contribution in [2.45, 2.75) is 13.0 Å². The van der Waals surface area contributed by atoms with Gasteiger partial charge in [-0.1, -0.05) is 36.4 Å². The van der Waals surface area contributed by atoms with Crippen LogP contribution in [0.25, 0.3) is 0 Å². The van der Waals surface area contributed by atoms with Gasteiger partial charge in [0.2, 0.25) is 0 Å². The SMILES string of the molecule is O=C(Nc1ccc2c(c1)CN(C(=O)c1ccccc1)CC2)c1ccccc1F. The monoisotopic (exact) mass is 374 g/mol. The third-order valence-corrected chi connectivity index (χ3v) is 4.90. The average Bonchev–Trinajstić information content (AvgIpc) is 2.73. The van der Waals surface area contributed by atoms with Crippen LogP contribution >= 0.6 is 0 Å². The highest BCUT2D eigenvalue weighted by Crippen LogP contribution is 2.24. The minimum Gasteiger partial charge on any atom is -0.334 e. The summed E-state index contributed by atoms with van der Waals surface area (Å²) < 4.78 is 13.8. The van der Waals surface area contributed by atoms with Crippen LogP contribution in [0.2, 0.25) is 0 Å². The van der Waals surface area contributed by atoms with E-state index in [1.54, 1.807) is 17.0 Å². The molecule has 3 aromatic carbocycles. The van der Waals surface area contributed by atoms with Crippen LogP contribution in [-0.2, 0) is 13.0 Å². The topological polar surface area (TPSA) is 49.4 Å². The van der Waals surface area contributed by atoms with Crippen molar-refractivity contribution in [1.29, 1.82) is 0 Å². The Balaban J connectivity index is 1.52. The Labute approximate surface area is 162 Å². The van der Waals surface area contributed by atoms with Gasteiger partial charge >= 0.3 is 0 Å². The molecule has 140 valence electrons. The van der Waals surface area contributed by atoms with Gasteiger partial charge in [-0.15, -0.1) is 0 Å². The molecule has 1 N–H and O–H groups in total. The van der Waals surface area contributed by atoms with Crippen LogP contribution < -0.4 is 5.32 Å². The largest absolute Gasteiger partial charge is 0.334 e. The molecule has 0 aliphatic carbocycles. The number of anilines is 1. The number of hydrogen-bond donors (Lipinski definition) is 1. The Morgan fingerprint density at radius 2 is 1.64 bits per heavy atom. The lowest BCUT2D eigenvalue weighted by molar-refractivity contribution is 0.0734. The van der Waals surface area contributed by atoms with Crippen molar-refractivity contribution in [3.8, 4) is 0 Å². The minimum absolute atomic E-state index is 0.00102. The Kier molecular flexibility index (Phi) is 4.89. The van der Waals surface area contributed by atoms with Gasteiger partial charge in [-0.25, -0.2) is 4.39 Å². The number of amides is 2. The summed E-state index contributed by atoms with van der Waals surface area (Å²) in [6.45, 7) is 1.13. The summed E-state index contributed by atoms with van der Waals surface area (Å²) in [5.41, 5.74) is 3.39. The normalized spacial score (nSPS) is 13.0. The van der Waals surface area contributed by atoms with E-state index in [-0.39, 0.29) is 11.5 Å². The molecule has 0 fully saturated rings. The van der Waals surface area contributed by atoms with E-state index in [2.05, 4.69) is 5.32 Å². The van der Waals surface area contributed by atoms with Crippen molar-refractivity contribution < 1.29 is 14.0 Å². The van der Waals surface area contributed by atoms with E-state index in [1.807, 2.05) is 48.5 Å². The molecule has 5 heteroatoms. The number of benzene rings is 3. The van der Waals surface area contributed by atoms with Crippen LogP contribution in [0.15, 0.2) is 72.8 Å². The van der Waals surface area contributed by atoms with Crippen molar-refractivity contribution in [3.63, 3.8) is 0 Å². The van der Waals surface area contributed by atoms with Gasteiger partial charge in [-0.05, 0) is 53.9 Å². The molecule has 0 saturated heterocycles. The first-order valence-electron chi connectivity index (χ1n) is 9.14. The Bertz CT molecular complexity index is 1030. The number of nitrogens with one attached hydrogen (secondary N) is 1. The second-order valence-corrected chi connectivity index (χ2v) is 6.76. The van der Waals surface area contributed by atoms with Crippen LogP contribution in [0.3, 0.4) is 0 Å². The first-order chi connectivity index (χ1) is 13.6. The molecule has 0 saturated carbocycles. The van der Waals surface area contributed by atoms with Crippen LogP contribution in [0.1, 0.15) is 31.8 Å². The van der Waals surface area contributed by atoms with Crippen molar-refractivity contribution in [3.05, 3.63) is 101 Å². The molecule has 0 spiro atoms. The fraction of sp³-hybridized carbons (Fsp3) is 0.130. The number of halogens is 1. The predicted octanol–water partition coefficient (Wildman–Crippen LogP) is 4.28. The van der Waals surface area contributed by atoms with Gasteiger partial charge < -0.3 is 10.2 Å². The summed E-state index contributed by atoms with van der Waals surface area (Å²) in [5, 5.41) is 2.74. The molecule has 0 unspecified atom stereocenters. The maximum absolute atomic E-state index is 13.8. The highest BCUT2D eigenvalue weighted by atomic mass is 19.1. The first-order valence-corrected chi connectivity index (χ1v) is 9.14. The van der Waals surface area contributed by atoms with Crippen LogP contribution in [0.5, 0.6) is 0 Å². The van der Waals surface area contributed by atoms with Crippen molar-refractivity contribution in [2.24, 2.45) is 0 Å². The molecule has 0 radical (unpaired) electrons. The smallest absolute Gasteiger partial charge is 0.258 e. The summed E-state index contributed by atoms with van der Waals surface area (Å²) in [7, 11) is 0. The molecule has 4 nitrogen and oxygen atoms in total. The van der Waals surface area contributed by atoms with Gasteiger partial charge in [0, 0.05) is 24.3 Å². The lowest BCUT2D eigenvalue weighted by Crippen LogP contribution is -2.36. The van der Waals surface area contributed by atoms with Crippen molar-refractivity contribution >= 4 is 17.5 Å². The van der Waals surface area contributed by atoms with E-state index < -0.39 is 11.7 Å². The van der Waals surface area contributed by atoms with E-state index in [0.29, 0.717) is 24.3 Å². The minimum atomic E-state index is -0.558. The maximum Gasteiger partial charge on any atom is 0.258 e. The van der Waals surface area contributed by atoms with E-state index in [4.69, 9.17) is 0 Å². The van der Waals surface area contributed by atoms with Crippen molar-refractivity contribution in [1.82, 2.24) is 4.90 Å². The lowest BCUT2D eigenvalue weighted by Gasteiger charge is -2.29. The van der Waals surface area contributed by atoms with Gasteiger partial charge in [-0.2, -0.15) is 0 Å². The summed E-state index contributed by atoms with van der Waals surface area (Å²) in [6, 6.07) is 20.7. The van der Waals surface area contributed by atoms with Gasteiger partial charge in [0.05, 0.1) is 5.56 Å². The molecule has 28 heavy (non-hydrogen) atoms. The van der Waals surface area contributed by atoms with Crippen molar-refractivity contribution in [2.75, 3.05) is 11.9 Å². The summed E-state index contributed by atoms with van der Waals surface area (Å²) >= 11 is 0. The number of fused-ring (bicyclic) bond motifs is 1. The Morgan fingerprint density at radius 1 is 0.893 bits per heavy atom. The Morgan fingerprint density at radius 3 is 2.43 bits per heavy atom. The highest BCUT2D eigenvalue weighted by Gasteiger charge is 2.22. The number of nitrogens with zero attached hydrogens (tertiary/aromatic N) is 1. The fourth-order valence-corrected chi connectivity index (χ4v) is 3.42. The second-order valence-electron chi connectivity index (χ2n) is 6.76. The zero-order valence-corrected chi connectivity index (χ0v) is 15.2. The molecule has 2 amide bonds. The van der Waals surface area contributed by atoms with Gasteiger partial charge in [-0.3, -0.25) is 9.59 Å². The van der Waals surface area contributed by atoms with E-state index >= 15 is 0 Å². The molecule has 0 bridgehead atoms. The molecule has 4 rings (SSSR count). The van der Waals surface area contributed by atoms with Crippen LogP contribution in [0.4, 0.5) is 10.1 Å². The fourth-order valence-electron chi connectivity index (χ4n) is 3.42. The predicted molar refractivity (Wildman–Crippen MR) is 106 cm³/mol. The van der Waals surface area contributed by atoms with Gasteiger partial charge in [0.15, 0.2) is 0 Å².